The van der Waals surface area contributed by atoms with E-state index in [2.05, 4.69) is 47.4 Å². The number of nitrogens with zero attached hydrogens (tertiary/aromatic N) is 2. The molecule has 0 radical (unpaired) electrons. The van der Waals surface area contributed by atoms with E-state index in [4.69, 9.17) is 0 Å². The van der Waals surface area contributed by atoms with Gasteiger partial charge in [0.25, 0.3) is 0 Å². The summed E-state index contributed by atoms with van der Waals surface area (Å²) in [6.45, 7) is 8.49. The molecule has 0 saturated heterocycles. The zero-order valence-electron chi connectivity index (χ0n) is 10.7. The average molecular weight is 224 g/mol. The van der Waals surface area contributed by atoms with Gasteiger partial charge in [-0.2, -0.15) is 5.10 Å². The van der Waals surface area contributed by atoms with E-state index >= 15 is 0 Å². The third-order valence-corrected chi connectivity index (χ3v) is 2.58. The molecule has 0 unspecified atom stereocenters. The van der Waals surface area contributed by atoms with Gasteiger partial charge in [0.05, 0.1) is 5.69 Å². The van der Waals surface area contributed by atoms with E-state index in [1.54, 1.807) is 0 Å². The topological polar surface area (TPSA) is 44.0 Å². The summed E-state index contributed by atoms with van der Waals surface area (Å²) < 4.78 is 0. The van der Waals surface area contributed by atoms with Crippen LogP contribution in [-0.4, -0.2) is 41.8 Å². The van der Waals surface area contributed by atoms with Crippen LogP contribution < -0.4 is 5.32 Å². The molecule has 0 aliphatic carbocycles. The van der Waals surface area contributed by atoms with Gasteiger partial charge in [-0.1, -0.05) is 13.8 Å². The van der Waals surface area contributed by atoms with Gasteiger partial charge >= 0.3 is 0 Å². The zero-order valence-corrected chi connectivity index (χ0v) is 10.7. The molecule has 4 heteroatoms. The van der Waals surface area contributed by atoms with Crippen LogP contribution in [0.5, 0.6) is 0 Å². The van der Waals surface area contributed by atoms with Crippen LogP contribution in [0.3, 0.4) is 0 Å². The maximum atomic E-state index is 4.23. The highest BCUT2D eigenvalue weighted by Gasteiger charge is 2.03. The molecule has 4 nitrogen and oxygen atoms in total. The van der Waals surface area contributed by atoms with E-state index in [9.17, 15) is 0 Å². The van der Waals surface area contributed by atoms with Crippen LogP contribution in [-0.2, 0) is 13.0 Å². The van der Waals surface area contributed by atoms with Crippen molar-refractivity contribution in [1.29, 1.82) is 0 Å². The lowest BCUT2D eigenvalue weighted by molar-refractivity contribution is 0.320. The molecule has 0 saturated carbocycles. The number of rotatable bonds is 8. The number of H-pyrrole nitrogens is 1. The lowest BCUT2D eigenvalue weighted by Crippen LogP contribution is -2.29. The Bertz CT molecular complexity index is 282. The Hall–Kier alpha value is -0.870. The Labute approximate surface area is 98.4 Å². The fourth-order valence-electron chi connectivity index (χ4n) is 1.61. The Morgan fingerprint density at radius 3 is 2.81 bits per heavy atom. The van der Waals surface area contributed by atoms with Crippen molar-refractivity contribution in [2.75, 3.05) is 26.7 Å². The second-order valence-corrected chi connectivity index (χ2v) is 4.23. The van der Waals surface area contributed by atoms with Crippen LogP contribution in [0.1, 0.15) is 31.7 Å². The highest BCUT2D eigenvalue weighted by atomic mass is 15.2. The van der Waals surface area contributed by atoms with E-state index in [0.717, 1.165) is 38.3 Å². The van der Waals surface area contributed by atoms with Crippen molar-refractivity contribution in [3.8, 4) is 0 Å². The van der Waals surface area contributed by atoms with Crippen molar-refractivity contribution >= 4 is 0 Å². The Kier molecular flexibility index (Phi) is 6.11. The van der Waals surface area contributed by atoms with E-state index < -0.39 is 0 Å². The lowest BCUT2D eigenvalue weighted by Gasteiger charge is -2.15. The first-order chi connectivity index (χ1) is 7.76. The summed E-state index contributed by atoms with van der Waals surface area (Å²) in [5.74, 6) is 0. The van der Waals surface area contributed by atoms with Gasteiger partial charge in [0.1, 0.15) is 0 Å². The molecule has 1 aromatic heterocycles. The minimum atomic E-state index is 0.945. The molecule has 1 aromatic rings. The summed E-state index contributed by atoms with van der Waals surface area (Å²) in [4.78, 5) is 2.30. The number of hydrogen-bond acceptors (Lipinski definition) is 3. The summed E-state index contributed by atoms with van der Waals surface area (Å²) in [7, 11) is 2.14. The molecular weight excluding hydrogens is 200 g/mol. The Balaban J connectivity index is 2.20. The Morgan fingerprint density at radius 2 is 2.19 bits per heavy atom. The second kappa shape index (κ2) is 7.41. The third-order valence-electron chi connectivity index (χ3n) is 2.58. The number of nitrogens with one attached hydrogen (secondary N) is 2. The van der Waals surface area contributed by atoms with Crippen molar-refractivity contribution in [1.82, 2.24) is 20.4 Å². The monoisotopic (exact) mass is 224 g/mol. The van der Waals surface area contributed by atoms with Crippen molar-refractivity contribution in [2.24, 2.45) is 0 Å². The molecule has 0 atom stereocenters. The van der Waals surface area contributed by atoms with Crippen molar-refractivity contribution < 1.29 is 0 Å². The predicted molar refractivity (Wildman–Crippen MR) is 67.5 cm³/mol. The van der Waals surface area contributed by atoms with Gasteiger partial charge in [-0.25, -0.2) is 0 Å². The molecule has 0 aromatic carbocycles. The number of aromatic amines is 1. The highest BCUT2D eigenvalue weighted by Crippen LogP contribution is 2.02. The minimum Gasteiger partial charge on any atom is -0.315 e. The largest absolute Gasteiger partial charge is 0.315 e. The number of aryl methyl sites for hydroxylation is 1. The molecule has 0 amide bonds. The summed E-state index contributed by atoms with van der Waals surface area (Å²) in [6, 6.07) is 2.15. The van der Waals surface area contributed by atoms with Gasteiger partial charge in [0.2, 0.25) is 0 Å². The van der Waals surface area contributed by atoms with Crippen LogP contribution in [0.25, 0.3) is 0 Å². The quantitative estimate of drug-likeness (QED) is 0.656. The van der Waals surface area contributed by atoms with Crippen molar-refractivity contribution in [2.45, 2.75) is 33.2 Å². The number of hydrogen-bond donors (Lipinski definition) is 2. The van der Waals surface area contributed by atoms with Gasteiger partial charge in [0.15, 0.2) is 0 Å². The zero-order chi connectivity index (χ0) is 11.8. The van der Waals surface area contributed by atoms with Gasteiger partial charge in [0, 0.05) is 25.3 Å². The molecular formula is C12H24N4. The number of likely N-dealkylation sites (N-methyl/N-ethyl adjacent to an activating group) is 1. The van der Waals surface area contributed by atoms with Crippen LogP contribution in [0.2, 0.25) is 0 Å². The molecule has 0 aliphatic rings. The van der Waals surface area contributed by atoms with Gasteiger partial charge in [-0.15, -0.1) is 0 Å². The summed E-state index contributed by atoms with van der Waals surface area (Å²) in [5, 5.41) is 10.7. The van der Waals surface area contributed by atoms with Gasteiger partial charge in [-0.05, 0) is 32.5 Å². The van der Waals surface area contributed by atoms with E-state index in [-0.39, 0.29) is 0 Å². The highest BCUT2D eigenvalue weighted by molar-refractivity contribution is 5.08. The molecule has 2 N–H and O–H groups in total. The van der Waals surface area contributed by atoms with Crippen LogP contribution in [0.15, 0.2) is 6.07 Å². The normalized spacial score (nSPS) is 11.2. The summed E-state index contributed by atoms with van der Waals surface area (Å²) in [6.07, 6.45) is 2.20. The van der Waals surface area contributed by atoms with E-state index in [1.165, 1.54) is 12.1 Å². The first kappa shape index (κ1) is 13.2. The van der Waals surface area contributed by atoms with E-state index in [0.29, 0.717) is 0 Å². The van der Waals surface area contributed by atoms with Crippen LogP contribution in [0, 0.1) is 0 Å². The molecule has 16 heavy (non-hydrogen) atoms. The molecule has 0 bridgehead atoms. The first-order valence-electron chi connectivity index (χ1n) is 6.18. The SMILES string of the molecule is CCCNCCN(C)Cc1cc(CC)n[nH]1. The fraction of sp³-hybridized carbons (Fsp3) is 0.750. The van der Waals surface area contributed by atoms with Crippen molar-refractivity contribution in [3.63, 3.8) is 0 Å². The van der Waals surface area contributed by atoms with E-state index in [1.807, 2.05) is 0 Å². The van der Waals surface area contributed by atoms with Crippen molar-refractivity contribution in [3.05, 3.63) is 17.5 Å². The molecule has 0 spiro atoms. The molecule has 1 heterocycles. The average Bonchev–Trinajstić information content (AvgIpc) is 2.72. The summed E-state index contributed by atoms with van der Waals surface area (Å²) >= 11 is 0. The molecule has 1 rings (SSSR count). The van der Waals surface area contributed by atoms with Gasteiger partial charge < -0.3 is 5.32 Å². The molecule has 92 valence electrons. The minimum absolute atomic E-state index is 0.945. The third kappa shape index (κ3) is 4.77. The first-order valence-corrected chi connectivity index (χ1v) is 6.18. The lowest BCUT2D eigenvalue weighted by atomic mass is 10.3. The maximum absolute atomic E-state index is 4.23. The van der Waals surface area contributed by atoms with Crippen LogP contribution >= 0.6 is 0 Å². The molecule has 0 aliphatic heterocycles. The maximum Gasteiger partial charge on any atom is 0.0622 e. The Morgan fingerprint density at radius 1 is 1.38 bits per heavy atom. The second-order valence-electron chi connectivity index (χ2n) is 4.23. The van der Waals surface area contributed by atoms with Gasteiger partial charge in [-0.3, -0.25) is 10.00 Å². The summed E-state index contributed by atoms with van der Waals surface area (Å²) in [5.41, 5.74) is 2.35. The predicted octanol–water partition coefficient (Wildman–Crippen LogP) is 1.40. The number of aromatic nitrogens is 2. The van der Waals surface area contributed by atoms with Crippen LogP contribution in [0.4, 0.5) is 0 Å². The molecule has 0 fully saturated rings. The fourth-order valence-corrected chi connectivity index (χ4v) is 1.61. The standard InChI is InChI=1S/C12H24N4/c1-4-6-13-7-8-16(3)10-12-9-11(5-2)14-15-12/h9,13H,4-8,10H2,1-3H3,(H,14,15). The smallest absolute Gasteiger partial charge is 0.0622 e.